The third-order valence-electron chi connectivity index (χ3n) is 6.81. The van der Waals surface area contributed by atoms with Crippen molar-refractivity contribution in [2.75, 3.05) is 26.2 Å². The molecular formula is C30H46N2. The highest BCUT2D eigenvalue weighted by molar-refractivity contribution is 5.19. The molecule has 0 fully saturated rings. The molecule has 3 aliphatic rings. The maximum Gasteiger partial charge on any atom is 0.0386 e. The average molecular weight is 435 g/mol. The summed E-state index contributed by atoms with van der Waals surface area (Å²) in [6.07, 6.45) is 41.6. The minimum absolute atomic E-state index is 1.13. The number of fused-ring (bicyclic) bond motifs is 4. The zero-order valence-electron chi connectivity index (χ0n) is 20.4. The number of hydrogen-bond acceptors (Lipinski definition) is 2. The molecule has 0 N–H and O–H groups in total. The van der Waals surface area contributed by atoms with Gasteiger partial charge in [-0.2, -0.15) is 0 Å². The molecule has 0 aromatic carbocycles. The Balaban J connectivity index is 1.41. The molecule has 0 unspecified atom stereocenters. The molecule has 2 heteroatoms. The van der Waals surface area contributed by atoms with Crippen LogP contribution in [0.4, 0.5) is 0 Å². The summed E-state index contributed by atoms with van der Waals surface area (Å²) in [5, 5.41) is 0. The molecule has 3 rings (SSSR count). The van der Waals surface area contributed by atoms with E-state index >= 15 is 0 Å². The zero-order chi connectivity index (χ0) is 22.1. The lowest BCUT2D eigenvalue weighted by Crippen LogP contribution is -2.23. The summed E-state index contributed by atoms with van der Waals surface area (Å²) in [5.41, 5.74) is 3.23. The van der Waals surface area contributed by atoms with Gasteiger partial charge in [-0.15, -0.1) is 0 Å². The molecule has 0 amide bonds. The molecule has 0 radical (unpaired) electrons. The second-order valence-corrected chi connectivity index (χ2v) is 9.70. The quantitative estimate of drug-likeness (QED) is 0.355. The van der Waals surface area contributed by atoms with Gasteiger partial charge in [-0.3, -0.25) is 0 Å². The smallest absolute Gasteiger partial charge is 0.0386 e. The third-order valence-corrected chi connectivity index (χ3v) is 6.81. The number of nitrogens with zero attached hydrogens (tertiary/aromatic N) is 2. The largest absolute Gasteiger partial charge is 0.373 e. The van der Waals surface area contributed by atoms with Crippen molar-refractivity contribution in [3.05, 3.63) is 72.2 Å². The number of rotatable bonds is 0. The van der Waals surface area contributed by atoms with Crippen molar-refractivity contribution in [3.63, 3.8) is 0 Å². The fourth-order valence-corrected chi connectivity index (χ4v) is 4.85. The minimum Gasteiger partial charge on any atom is -0.373 e. The van der Waals surface area contributed by atoms with Crippen LogP contribution in [0.1, 0.15) is 89.9 Å². The second-order valence-electron chi connectivity index (χ2n) is 9.70. The van der Waals surface area contributed by atoms with Crippen LogP contribution < -0.4 is 0 Å². The molecule has 0 saturated carbocycles. The summed E-state index contributed by atoms with van der Waals surface area (Å²) in [6, 6.07) is 0. The van der Waals surface area contributed by atoms with E-state index in [0.717, 1.165) is 26.2 Å². The van der Waals surface area contributed by atoms with E-state index in [-0.39, 0.29) is 0 Å². The topological polar surface area (TPSA) is 6.48 Å². The van der Waals surface area contributed by atoms with Crippen LogP contribution in [-0.2, 0) is 0 Å². The van der Waals surface area contributed by atoms with Crippen LogP contribution in [0.2, 0.25) is 0 Å². The molecule has 176 valence electrons. The van der Waals surface area contributed by atoms with E-state index in [4.69, 9.17) is 0 Å². The van der Waals surface area contributed by atoms with E-state index in [0.29, 0.717) is 0 Å². The second kappa shape index (κ2) is 15.8. The van der Waals surface area contributed by atoms with Gasteiger partial charge in [-0.05, 0) is 88.8 Å². The van der Waals surface area contributed by atoms with Gasteiger partial charge in [0.15, 0.2) is 0 Å². The van der Waals surface area contributed by atoms with Crippen LogP contribution in [0, 0.1) is 0 Å². The predicted octanol–water partition coefficient (Wildman–Crippen LogP) is 8.09. The van der Waals surface area contributed by atoms with Gasteiger partial charge in [0.1, 0.15) is 0 Å². The van der Waals surface area contributed by atoms with Gasteiger partial charge in [-0.25, -0.2) is 0 Å². The lowest BCUT2D eigenvalue weighted by molar-refractivity contribution is 0.401. The van der Waals surface area contributed by atoms with Crippen molar-refractivity contribution in [1.29, 1.82) is 0 Å². The van der Waals surface area contributed by atoms with E-state index in [1.165, 1.54) is 89.9 Å². The van der Waals surface area contributed by atoms with Gasteiger partial charge in [0.2, 0.25) is 0 Å². The maximum atomic E-state index is 2.49. The Hall–Kier alpha value is -1.96. The molecule has 32 heavy (non-hydrogen) atoms. The number of hydrogen-bond donors (Lipinski definition) is 0. The first kappa shape index (κ1) is 24.7. The molecule has 0 atom stereocenters. The SMILES string of the molecule is C1=CN2CCC=CCCCCCCC3=CC=CN(CCC=CCCCCCCC(=C1)C2)C3. The summed E-state index contributed by atoms with van der Waals surface area (Å²) >= 11 is 0. The van der Waals surface area contributed by atoms with Crippen LogP contribution in [0.15, 0.2) is 72.2 Å². The lowest BCUT2D eigenvalue weighted by atomic mass is 10.0. The van der Waals surface area contributed by atoms with Crippen molar-refractivity contribution in [2.45, 2.75) is 89.9 Å². The van der Waals surface area contributed by atoms with E-state index < -0.39 is 0 Å². The normalized spacial score (nSPS) is 23.0. The first-order valence-electron chi connectivity index (χ1n) is 13.4. The molecule has 0 aliphatic carbocycles. The monoisotopic (exact) mass is 434 g/mol. The molecule has 3 aliphatic heterocycles. The van der Waals surface area contributed by atoms with Crippen molar-refractivity contribution in [3.8, 4) is 0 Å². The fraction of sp³-hybridized carbons (Fsp3) is 0.600. The molecular weight excluding hydrogens is 388 g/mol. The fourth-order valence-electron chi connectivity index (χ4n) is 4.85. The van der Waals surface area contributed by atoms with Gasteiger partial charge in [0, 0.05) is 26.2 Å². The third kappa shape index (κ3) is 10.6. The Kier molecular flexibility index (Phi) is 12.2. The standard InChI is InChI=1S/C30H46N2/c1-3-7-11-15-23-31-25-18-22-30(28-31)20-14-10-6-2-4-8-12-16-24-32-26-17-21-29(27-32)19-13-9-5-1/h7-8,11-12,17-18,21-22,25-26H,1-6,9-10,13-16,19-20,23-24,27-28H2. The van der Waals surface area contributed by atoms with Gasteiger partial charge >= 0.3 is 0 Å². The highest BCUT2D eigenvalue weighted by Crippen LogP contribution is 2.18. The summed E-state index contributed by atoms with van der Waals surface area (Å²) < 4.78 is 0. The predicted molar refractivity (Wildman–Crippen MR) is 141 cm³/mol. The first-order valence-corrected chi connectivity index (χ1v) is 13.4. The molecule has 0 saturated heterocycles. The van der Waals surface area contributed by atoms with Crippen molar-refractivity contribution in [1.82, 2.24) is 9.80 Å². The Morgan fingerprint density at radius 2 is 0.906 bits per heavy atom. The van der Waals surface area contributed by atoms with Crippen molar-refractivity contribution >= 4 is 0 Å². The molecule has 3 heterocycles. The van der Waals surface area contributed by atoms with Gasteiger partial charge < -0.3 is 9.80 Å². The summed E-state index contributed by atoms with van der Waals surface area (Å²) in [5.74, 6) is 0. The lowest BCUT2D eigenvalue weighted by Gasteiger charge is -2.24. The summed E-state index contributed by atoms with van der Waals surface area (Å²) in [6.45, 7) is 4.57. The van der Waals surface area contributed by atoms with Gasteiger partial charge in [0.25, 0.3) is 0 Å². The van der Waals surface area contributed by atoms with E-state index in [1.54, 1.807) is 11.1 Å². The molecule has 2 nitrogen and oxygen atoms in total. The molecule has 0 spiro atoms. The summed E-state index contributed by atoms with van der Waals surface area (Å²) in [4.78, 5) is 4.98. The van der Waals surface area contributed by atoms with Crippen LogP contribution in [-0.4, -0.2) is 36.0 Å². The van der Waals surface area contributed by atoms with Crippen molar-refractivity contribution < 1.29 is 0 Å². The van der Waals surface area contributed by atoms with Crippen LogP contribution in [0.25, 0.3) is 0 Å². The van der Waals surface area contributed by atoms with Crippen LogP contribution in [0.3, 0.4) is 0 Å². The van der Waals surface area contributed by atoms with Gasteiger partial charge in [-0.1, -0.05) is 73.3 Å². The Bertz CT molecular complexity index is 632. The van der Waals surface area contributed by atoms with Crippen molar-refractivity contribution in [2.24, 2.45) is 0 Å². The highest BCUT2D eigenvalue weighted by atomic mass is 15.1. The van der Waals surface area contributed by atoms with Crippen LogP contribution >= 0.6 is 0 Å². The Labute approximate surface area is 198 Å². The van der Waals surface area contributed by atoms with Crippen LogP contribution in [0.5, 0.6) is 0 Å². The Morgan fingerprint density at radius 1 is 0.469 bits per heavy atom. The van der Waals surface area contributed by atoms with Gasteiger partial charge in [0.05, 0.1) is 0 Å². The summed E-state index contributed by atoms with van der Waals surface area (Å²) in [7, 11) is 0. The maximum absolute atomic E-state index is 2.49. The zero-order valence-corrected chi connectivity index (χ0v) is 20.4. The first-order chi connectivity index (χ1) is 15.9. The Morgan fingerprint density at radius 3 is 1.41 bits per heavy atom. The van der Waals surface area contributed by atoms with E-state index in [2.05, 4.69) is 70.8 Å². The molecule has 4 bridgehead atoms. The molecule has 0 aromatic heterocycles. The minimum atomic E-state index is 1.13. The van der Waals surface area contributed by atoms with E-state index in [9.17, 15) is 0 Å². The average Bonchev–Trinajstić information content (AvgIpc) is 2.81. The number of allylic oxidation sites excluding steroid dienone is 6. The molecule has 0 aromatic rings. The van der Waals surface area contributed by atoms with E-state index in [1.807, 2.05) is 0 Å². The highest BCUT2D eigenvalue weighted by Gasteiger charge is 2.08.